The Morgan fingerprint density at radius 3 is 2.77 bits per heavy atom. The molecule has 0 bridgehead atoms. The number of H-pyrrole nitrogens is 1. The highest BCUT2D eigenvalue weighted by Gasteiger charge is 2.34. The summed E-state index contributed by atoms with van der Waals surface area (Å²) in [5.41, 5.74) is 2.14. The van der Waals surface area contributed by atoms with Crippen LogP contribution in [0.25, 0.3) is 11.3 Å². The Balaban J connectivity index is 1.57. The largest absolute Gasteiger partial charge is 0.378 e. The Hall–Kier alpha value is -1.36. The van der Waals surface area contributed by atoms with Crippen molar-refractivity contribution in [3.8, 4) is 11.3 Å². The third-order valence-electron chi connectivity index (χ3n) is 4.78. The first-order valence-electron chi connectivity index (χ1n) is 7.95. The lowest BCUT2D eigenvalue weighted by Gasteiger charge is -2.44. The molecule has 1 saturated carbocycles. The summed E-state index contributed by atoms with van der Waals surface area (Å²) in [6.45, 7) is 2.56. The first-order chi connectivity index (χ1) is 10.8. The summed E-state index contributed by atoms with van der Waals surface area (Å²) in [6.07, 6.45) is 5.87. The van der Waals surface area contributed by atoms with E-state index in [0.29, 0.717) is 6.04 Å². The molecular weight excluding hydrogens is 298 g/mol. The van der Waals surface area contributed by atoms with E-state index in [1.807, 2.05) is 30.5 Å². The summed E-state index contributed by atoms with van der Waals surface area (Å²) in [5, 5.41) is 0.750. The van der Waals surface area contributed by atoms with Crippen molar-refractivity contribution in [1.29, 1.82) is 0 Å². The van der Waals surface area contributed by atoms with Gasteiger partial charge in [-0.2, -0.15) is 0 Å². The maximum Gasteiger partial charge on any atom is 0.126 e. The van der Waals surface area contributed by atoms with Crippen molar-refractivity contribution in [2.24, 2.45) is 0 Å². The molecule has 4 rings (SSSR count). The zero-order valence-corrected chi connectivity index (χ0v) is 13.2. The van der Waals surface area contributed by atoms with Gasteiger partial charge in [0.1, 0.15) is 5.82 Å². The number of aromatic amines is 1. The highest BCUT2D eigenvalue weighted by Crippen LogP contribution is 2.33. The summed E-state index contributed by atoms with van der Waals surface area (Å²) < 4.78 is 5.70. The van der Waals surface area contributed by atoms with Gasteiger partial charge in [-0.25, -0.2) is 4.98 Å². The predicted octanol–water partition coefficient (Wildman–Crippen LogP) is 3.66. The van der Waals surface area contributed by atoms with Crippen LogP contribution in [-0.2, 0) is 4.74 Å². The van der Waals surface area contributed by atoms with Crippen molar-refractivity contribution in [2.75, 3.05) is 19.8 Å². The van der Waals surface area contributed by atoms with Crippen LogP contribution in [0.3, 0.4) is 0 Å². The second-order valence-corrected chi connectivity index (χ2v) is 6.54. The molecule has 0 spiro atoms. The van der Waals surface area contributed by atoms with Crippen LogP contribution in [0.15, 0.2) is 30.5 Å². The fourth-order valence-corrected chi connectivity index (χ4v) is 3.42. The Labute approximate surface area is 135 Å². The fraction of sp³-hybridized carbons (Fsp3) is 0.471. The SMILES string of the molecule is Clc1ccc(-c2cnc(C3COCCN3C3CCC3)[nH]2)cc1. The average molecular weight is 318 g/mol. The molecular formula is C17H20ClN3O. The third kappa shape index (κ3) is 2.67. The number of ether oxygens (including phenoxy) is 1. The highest BCUT2D eigenvalue weighted by atomic mass is 35.5. The number of nitrogens with zero attached hydrogens (tertiary/aromatic N) is 2. The van der Waals surface area contributed by atoms with Crippen LogP contribution in [0.2, 0.25) is 5.02 Å². The molecule has 0 amide bonds. The van der Waals surface area contributed by atoms with Crippen molar-refractivity contribution in [3.63, 3.8) is 0 Å². The number of nitrogens with one attached hydrogen (secondary N) is 1. The van der Waals surface area contributed by atoms with Gasteiger partial charge >= 0.3 is 0 Å². The molecule has 2 aromatic rings. The van der Waals surface area contributed by atoms with E-state index in [9.17, 15) is 0 Å². The number of morpholine rings is 1. The normalized spacial score (nSPS) is 23.4. The minimum atomic E-state index is 0.250. The number of halogens is 1. The summed E-state index contributed by atoms with van der Waals surface area (Å²) in [5.74, 6) is 1.01. The maximum atomic E-state index is 5.95. The number of aromatic nitrogens is 2. The lowest BCUT2D eigenvalue weighted by Crippen LogP contribution is -2.48. The monoisotopic (exact) mass is 317 g/mol. The van der Waals surface area contributed by atoms with E-state index < -0.39 is 0 Å². The van der Waals surface area contributed by atoms with Crippen molar-refractivity contribution in [1.82, 2.24) is 14.9 Å². The topological polar surface area (TPSA) is 41.1 Å². The molecule has 1 unspecified atom stereocenters. The van der Waals surface area contributed by atoms with Crippen LogP contribution in [0.4, 0.5) is 0 Å². The van der Waals surface area contributed by atoms with Gasteiger partial charge in [-0.3, -0.25) is 4.90 Å². The molecule has 1 aromatic heterocycles. The summed E-state index contributed by atoms with van der Waals surface area (Å²) in [7, 11) is 0. The number of benzene rings is 1. The summed E-state index contributed by atoms with van der Waals surface area (Å²) in [6, 6.07) is 8.79. The maximum absolute atomic E-state index is 5.95. The fourth-order valence-electron chi connectivity index (χ4n) is 3.29. The van der Waals surface area contributed by atoms with Crippen molar-refractivity contribution in [3.05, 3.63) is 41.3 Å². The van der Waals surface area contributed by atoms with Gasteiger partial charge in [0.25, 0.3) is 0 Å². The van der Waals surface area contributed by atoms with E-state index in [2.05, 4.69) is 14.9 Å². The lowest BCUT2D eigenvalue weighted by molar-refractivity contribution is -0.0494. The second kappa shape index (κ2) is 6.03. The molecule has 2 fully saturated rings. The predicted molar refractivity (Wildman–Crippen MR) is 86.9 cm³/mol. The van der Waals surface area contributed by atoms with Gasteiger partial charge < -0.3 is 9.72 Å². The standard InChI is InChI=1S/C17H20ClN3O/c18-13-6-4-12(5-7-13)15-10-19-17(20-15)16-11-22-9-8-21(16)14-2-1-3-14/h4-7,10,14,16H,1-3,8-9,11H2,(H,19,20). The van der Waals surface area contributed by atoms with Gasteiger partial charge in [-0.15, -0.1) is 0 Å². The minimum absolute atomic E-state index is 0.250. The molecule has 1 atom stereocenters. The molecule has 1 aromatic carbocycles. The lowest BCUT2D eigenvalue weighted by atomic mass is 9.90. The number of rotatable bonds is 3. The average Bonchev–Trinajstić information content (AvgIpc) is 2.96. The first-order valence-corrected chi connectivity index (χ1v) is 8.33. The molecule has 5 heteroatoms. The Morgan fingerprint density at radius 2 is 2.05 bits per heavy atom. The number of hydrogen-bond donors (Lipinski definition) is 1. The molecule has 1 saturated heterocycles. The Bertz CT molecular complexity index is 636. The summed E-state index contributed by atoms with van der Waals surface area (Å²) in [4.78, 5) is 10.7. The highest BCUT2D eigenvalue weighted by molar-refractivity contribution is 6.30. The van der Waals surface area contributed by atoms with Crippen molar-refractivity contribution >= 4 is 11.6 Å². The van der Waals surface area contributed by atoms with Gasteiger partial charge in [-0.1, -0.05) is 30.2 Å². The van der Waals surface area contributed by atoms with Gasteiger partial charge in [0, 0.05) is 17.6 Å². The van der Waals surface area contributed by atoms with Crippen LogP contribution in [-0.4, -0.2) is 40.7 Å². The Kier molecular flexibility index (Phi) is 3.90. The molecule has 22 heavy (non-hydrogen) atoms. The quantitative estimate of drug-likeness (QED) is 0.939. The second-order valence-electron chi connectivity index (χ2n) is 6.10. The van der Waals surface area contributed by atoms with Crippen LogP contribution < -0.4 is 0 Å². The first kappa shape index (κ1) is 14.2. The van der Waals surface area contributed by atoms with E-state index in [1.165, 1.54) is 19.3 Å². The van der Waals surface area contributed by atoms with Crippen LogP contribution in [0, 0.1) is 0 Å². The molecule has 1 aliphatic carbocycles. The van der Waals surface area contributed by atoms with E-state index in [4.69, 9.17) is 16.3 Å². The van der Waals surface area contributed by atoms with Gasteiger partial charge in [0.2, 0.25) is 0 Å². The van der Waals surface area contributed by atoms with Crippen LogP contribution >= 0.6 is 11.6 Å². The molecule has 1 aliphatic heterocycles. The van der Waals surface area contributed by atoms with Crippen molar-refractivity contribution < 1.29 is 4.74 Å². The van der Waals surface area contributed by atoms with E-state index in [0.717, 1.165) is 41.9 Å². The molecule has 0 radical (unpaired) electrons. The van der Waals surface area contributed by atoms with Crippen LogP contribution in [0.1, 0.15) is 31.1 Å². The van der Waals surface area contributed by atoms with E-state index in [-0.39, 0.29) is 6.04 Å². The molecule has 4 nitrogen and oxygen atoms in total. The van der Waals surface area contributed by atoms with Crippen LogP contribution in [0.5, 0.6) is 0 Å². The molecule has 1 N–H and O–H groups in total. The molecule has 2 aliphatic rings. The van der Waals surface area contributed by atoms with Crippen molar-refractivity contribution in [2.45, 2.75) is 31.3 Å². The zero-order valence-electron chi connectivity index (χ0n) is 12.5. The Morgan fingerprint density at radius 1 is 1.23 bits per heavy atom. The smallest absolute Gasteiger partial charge is 0.126 e. The van der Waals surface area contributed by atoms with E-state index in [1.54, 1.807) is 0 Å². The third-order valence-corrected chi connectivity index (χ3v) is 5.03. The number of hydrogen-bond acceptors (Lipinski definition) is 3. The zero-order chi connectivity index (χ0) is 14.9. The summed E-state index contributed by atoms with van der Waals surface area (Å²) >= 11 is 5.95. The van der Waals surface area contributed by atoms with Gasteiger partial charge in [-0.05, 0) is 30.5 Å². The van der Waals surface area contributed by atoms with Gasteiger partial charge in [0.05, 0.1) is 31.1 Å². The molecule has 116 valence electrons. The van der Waals surface area contributed by atoms with E-state index >= 15 is 0 Å². The van der Waals surface area contributed by atoms with Gasteiger partial charge in [0.15, 0.2) is 0 Å². The number of imidazole rings is 1. The molecule has 2 heterocycles. The minimum Gasteiger partial charge on any atom is -0.378 e.